The van der Waals surface area contributed by atoms with Gasteiger partial charge in [0.15, 0.2) is 0 Å². The Morgan fingerprint density at radius 3 is 2.69 bits per heavy atom. The van der Waals surface area contributed by atoms with E-state index in [2.05, 4.69) is 21.0 Å². The molecule has 0 aliphatic heterocycles. The summed E-state index contributed by atoms with van der Waals surface area (Å²) in [6.45, 7) is 2.02. The third-order valence-electron chi connectivity index (χ3n) is 4.29. The molecule has 26 heavy (non-hydrogen) atoms. The maximum Gasteiger partial charge on any atom is 0.103 e. The van der Waals surface area contributed by atoms with E-state index in [9.17, 15) is 5.26 Å². The lowest BCUT2D eigenvalue weighted by molar-refractivity contribution is 1.01. The Labute approximate surface area is 157 Å². The van der Waals surface area contributed by atoms with Crippen molar-refractivity contribution in [3.8, 4) is 6.07 Å². The quantitative estimate of drug-likeness (QED) is 0.625. The highest BCUT2D eigenvalue weighted by Gasteiger charge is 2.13. The number of nitrogen functional groups attached to an aromatic ring is 1. The number of thioether (sulfide) groups is 1. The molecule has 6 heteroatoms. The number of aromatic nitrogens is 3. The van der Waals surface area contributed by atoms with E-state index in [-0.39, 0.29) is 0 Å². The first kappa shape index (κ1) is 18.0. The fourth-order valence-electron chi connectivity index (χ4n) is 2.75. The van der Waals surface area contributed by atoms with Gasteiger partial charge in [-0.25, -0.2) is 4.98 Å². The summed E-state index contributed by atoms with van der Waals surface area (Å²) in [6.07, 6.45) is 4.92. The fourth-order valence-corrected chi connectivity index (χ4v) is 3.71. The maximum absolute atomic E-state index is 9.54. The highest BCUT2D eigenvalue weighted by atomic mass is 32.2. The highest BCUT2D eigenvalue weighted by Crippen LogP contribution is 2.23. The van der Waals surface area contributed by atoms with Crippen molar-refractivity contribution in [2.24, 2.45) is 0 Å². The Morgan fingerprint density at radius 1 is 1.19 bits per heavy atom. The van der Waals surface area contributed by atoms with Gasteiger partial charge in [-0.3, -0.25) is 4.98 Å². The Kier molecular flexibility index (Phi) is 5.92. The second-order valence-corrected chi connectivity index (χ2v) is 7.17. The summed E-state index contributed by atoms with van der Waals surface area (Å²) in [5, 5.41) is 9.54. The maximum atomic E-state index is 9.54. The predicted molar refractivity (Wildman–Crippen MR) is 106 cm³/mol. The number of hydrogen-bond acceptors (Lipinski definition) is 5. The topological polar surface area (TPSA) is 91.4 Å². The molecule has 3 rings (SSSR count). The molecule has 0 spiro atoms. The molecule has 0 aliphatic rings. The summed E-state index contributed by atoms with van der Waals surface area (Å²) in [4.78, 5) is 11.9. The molecule has 0 saturated heterocycles. The van der Waals surface area contributed by atoms with E-state index < -0.39 is 0 Å². The number of H-pyrrole nitrogens is 1. The molecule has 0 unspecified atom stereocenters. The molecule has 2 heterocycles. The Bertz CT molecular complexity index is 912. The van der Waals surface area contributed by atoms with Crippen LogP contribution in [0.15, 0.2) is 42.9 Å². The molecule has 3 N–H and O–H groups in total. The Morgan fingerprint density at radius 2 is 2.00 bits per heavy atom. The van der Waals surface area contributed by atoms with E-state index in [1.165, 1.54) is 0 Å². The van der Waals surface area contributed by atoms with Gasteiger partial charge in [0.25, 0.3) is 0 Å². The normalized spacial score (nSPS) is 10.6. The number of anilines is 1. The fraction of sp³-hybridized carbons (Fsp3) is 0.250. The van der Waals surface area contributed by atoms with Crippen molar-refractivity contribution in [2.75, 3.05) is 11.5 Å². The number of hydrogen-bond donors (Lipinski definition) is 2. The molecule has 0 aliphatic carbocycles. The van der Waals surface area contributed by atoms with Crippen LogP contribution in [0.3, 0.4) is 0 Å². The van der Waals surface area contributed by atoms with E-state index in [0.717, 1.165) is 39.7 Å². The van der Waals surface area contributed by atoms with Crippen molar-refractivity contribution in [3.05, 3.63) is 76.6 Å². The Hall–Kier alpha value is -2.78. The van der Waals surface area contributed by atoms with E-state index in [4.69, 9.17) is 5.73 Å². The third-order valence-corrected chi connectivity index (χ3v) is 5.26. The molecule has 0 radical (unpaired) electrons. The van der Waals surface area contributed by atoms with Gasteiger partial charge in [0.1, 0.15) is 6.07 Å². The summed E-state index contributed by atoms with van der Waals surface area (Å²) in [7, 11) is 0. The zero-order valence-electron chi connectivity index (χ0n) is 14.7. The number of nitrogens with one attached hydrogen (secondary N) is 1. The number of nitriles is 1. The minimum absolute atomic E-state index is 0.509. The molecule has 5 nitrogen and oxygen atoms in total. The summed E-state index contributed by atoms with van der Waals surface area (Å²) in [6, 6.07) is 12.3. The van der Waals surface area contributed by atoms with Gasteiger partial charge in [-0.2, -0.15) is 17.0 Å². The highest BCUT2D eigenvalue weighted by molar-refractivity contribution is 7.98. The van der Waals surface area contributed by atoms with Crippen LogP contribution >= 0.6 is 11.8 Å². The smallest absolute Gasteiger partial charge is 0.103 e. The zero-order chi connectivity index (χ0) is 18.4. The van der Waals surface area contributed by atoms with Crippen LogP contribution in [-0.4, -0.2) is 20.7 Å². The molecule has 0 atom stereocenters. The number of pyridine rings is 1. The van der Waals surface area contributed by atoms with Gasteiger partial charge < -0.3 is 10.7 Å². The number of benzene rings is 1. The van der Waals surface area contributed by atoms with Gasteiger partial charge in [0.05, 0.1) is 29.0 Å². The monoisotopic (exact) mass is 363 g/mol. The average Bonchev–Trinajstić information content (AvgIpc) is 3.07. The van der Waals surface area contributed by atoms with Gasteiger partial charge in [-0.05, 0) is 23.8 Å². The van der Waals surface area contributed by atoms with Gasteiger partial charge in [-0.15, -0.1) is 0 Å². The number of nitrogens with two attached hydrogens (primary N) is 1. The van der Waals surface area contributed by atoms with Crippen LogP contribution in [0.2, 0.25) is 0 Å². The first-order valence-electron chi connectivity index (χ1n) is 8.46. The van der Waals surface area contributed by atoms with Crippen LogP contribution in [0, 0.1) is 18.3 Å². The van der Waals surface area contributed by atoms with Crippen molar-refractivity contribution in [1.29, 1.82) is 5.26 Å². The zero-order valence-corrected chi connectivity index (χ0v) is 15.5. The molecular weight excluding hydrogens is 342 g/mol. The lowest BCUT2D eigenvalue weighted by Crippen LogP contribution is -2.06. The molecule has 0 fully saturated rings. The van der Waals surface area contributed by atoms with Crippen molar-refractivity contribution in [2.45, 2.75) is 25.5 Å². The number of rotatable bonds is 7. The third kappa shape index (κ3) is 4.24. The SMILES string of the molecule is Cc1[nH]cnc1CSCCc1ncc(Cc2ccccc2)c(N)c1C#N. The summed E-state index contributed by atoms with van der Waals surface area (Å²) >= 11 is 1.78. The second kappa shape index (κ2) is 8.54. The number of imidazole rings is 1. The van der Waals surface area contributed by atoms with Gasteiger partial charge >= 0.3 is 0 Å². The van der Waals surface area contributed by atoms with Crippen molar-refractivity contribution >= 4 is 17.4 Å². The molecule has 0 bridgehead atoms. The van der Waals surface area contributed by atoms with Crippen LogP contribution in [0.5, 0.6) is 0 Å². The van der Waals surface area contributed by atoms with Crippen LogP contribution < -0.4 is 5.73 Å². The number of nitrogens with zero attached hydrogens (tertiary/aromatic N) is 3. The minimum Gasteiger partial charge on any atom is -0.397 e. The lowest BCUT2D eigenvalue weighted by atomic mass is 10.0. The number of aryl methyl sites for hydroxylation is 2. The molecule has 3 aromatic rings. The van der Waals surface area contributed by atoms with Crippen molar-refractivity contribution < 1.29 is 0 Å². The van der Waals surface area contributed by atoms with E-state index in [0.29, 0.717) is 24.1 Å². The summed E-state index contributed by atoms with van der Waals surface area (Å²) in [5.41, 5.74) is 12.3. The number of aromatic amines is 1. The largest absolute Gasteiger partial charge is 0.397 e. The van der Waals surface area contributed by atoms with Crippen molar-refractivity contribution in [1.82, 2.24) is 15.0 Å². The predicted octanol–water partition coefficient (Wildman–Crippen LogP) is 3.63. The standard InChI is InChI=1S/C20H21N5S/c1-14-19(25-13-24-14)12-26-8-7-18-17(10-21)20(22)16(11-23-18)9-15-5-3-2-4-6-15/h2-6,11,13H,7-9,12H2,1H3,(H2,22,23)(H,24,25). The average molecular weight is 363 g/mol. The van der Waals surface area contributed by atoms with Crippen LogP contribution in [0.4, 0.5) is 5.69 Å². The first-order chi connectivity index (χ1) is 12.7. The molecular formula is C20H21N5S. The minimum atomic E-state index is 0.509. The first-order valence-corrected chi connectivity index (χ1v) is 9.61. The van der Waals surface area contributed by atoms with Crippen LogP contribution in [0.1, 0.15) is 33.8 Å². The van der Waals surface area contributed by atoms with Crippen molar-refractivity contribution in [3.63, 3.8) is 0 Å². The lowest BCUT2D eigenvalue weighted by Gasteiger charge is -2.11. The van der Waals surface area contributed by atoms with Gasteiger partial charge in [0.2, 0.25) is 0 Å². The molecule has 0 amide bonds. The van der Waals surface area contributed by atoms with E-state index in [1.807, 2.05) is 37.3 Å². The van der Waals surface area contributed by atoms with Crippen LogP contribution in [-0.2, 0) is 18.6 Å². The van der Waals surface area contributed by atoms with Gasteiger partial charge in [-0.1, -0.05) is 30.3 Å². The van der Waals surface area contributed by atoms with E-state index in [1.54, 1.807) is 24.3 Å². The second-order valence-electron chi connectivity index (χ2n) is 6.07. The summed E-state index contributed by atoms with van der Waals surface area (Å²) < 4.78 is 0. The van der Waals surface area contributed by atoms with E-state index >= 15 is 0 Å². The Balaban J connectivity index is 1.65. The molecule has 1 aromatic carbocycles. The van der Waals surface area contributed by atoms with Crippen LogP contribution in [0.25, 0.3) is 0 Å². The molecule has 132 valence electrons. The van der Waals surface area contributed by atoms with Gasteiger partial charge in [0, 0.05) is 30.5 Å². The summed E-state index contributed by atoms with van der Waals surface area (Å²) in [5.74, 6) is 1.71. The molecule has 0 saturated carbocycles. The molecule has 2 aromatic heterocycles.